The number of methoxy groups -OCH3 is 1. The van der Waals surface area contributed by atoms with Gasteiger partial charge in [-0.1, -0.05) is 29.8 Å². The molecule has 23 heavy (non-hydrogen) atoms. The Bertz CT molecular complexity index is 687. The van der Waals surface area contributed by atoms with Crippen LogP contribution in [0.2, 0.25) is 10.0 Å². The lowest BCUT2D eigenvalue weighted by atomic mass is 10.0. The Morgan fingerprint density at radius 2 is 1.96 bits per heavy atom. The Morgan fingerprint density at radius 3 is 2.57 bits per heavy atom. The minimum Gasteiger partial charge on any atom is -0.486 e. The summed E-state index contributed by atoms with van der Waals surface area (Å²) in [5.41, 5.74) is 2.29. The number of halogens is 2. The molecule has 0 aliphatic rings. The smallest absolute Gasteiger partial charge is 0.256 e. The molecule has 1 N–H and O–H groups in total. The van der Waals surface area contributed by atoms with Crippen LogP contribution < -0.4 is 9.47 Å². The molecule has 0 aromatic carbocycles. The lowest BCUT2D eigenvalue weighted by Gasteiger charge is -2.13. The van der Waals surface area contributed by atoms with Gasteiger partial charge in [-0.2, -0.15) is 0 Å². The van der Waals surface area contributed by atoms with Crippen LogP contribution in [0.3, 0.4) is 0 Å². The van der Waals surface area contributed by atoms with Gasteiger partial charge in [-0.3, -0.25) is 4.98 Å². The highest BCUT2D eigenvalue weighted by Gasteiger charge is 2.13. The minimum atomic E-state index is -0.101. The summed E-state index contributed by atoms with van der Waals surface area (Å²) in [5.74, 6) is 0.780. The van der Waals surface area contributed by atoms with Crippen molar-refractivity contribution in [3.8, 4) is 11.6 Å². The van der Waals surface area contributed by atoms with E-state index in [0.29, 0.717) is 28.1 Å². The fraction of sp³-hybridized carbons (Fsp3) is 0.250. The van der Waals surface area contributed by atoms with E-state index in [-0.39, 0.29) is 13.2 Å². The SMILES string of the molecule is C=C(Cc1c(Cl)cncc1Cl)c1cnc(OC)c(OCCO)c1. The monoisotopic (exact) mass is 354 g/mol. The zero-order valence-corrected chi connectivity index (χ0v) is 14.1. The minimum absolute atomic E-state index is 0.101. The molecule has 0 atom stereocenters. The number of aromatic nitrogens is 2. The third kappa shape index (κ3) is 4.34. The zero-order valence-electron chi connectivity index (χ0n) is 12.6. The van der Waals surface area contributed by atoms with E-state index in [1.165, 1.54) is 19.5 Å². The van der Waals surface area contributed by atoms with Crippen molar-refractivity contribution in [3.63, 3.8) is 0 Å². The molecule has 5 nitrogen and oxygen atoms in total. The van der Waals surface area contributed by atoms with Crippen LogP contribution >= 0.6 is 23.2 Å². The molecule has 7 heteroatoms. The molecule has 0 aliphatic carbocycles. The van der Waals surface area contributed by atoms with Gasteiger partial charge in [0.15, 0.2) is 5.75 Å². The molecule has 2 rings (SSSR count). The van der Waals surface area contributed by atoms with E-state index < -0.39 is 0 Å². The molecule has 0 bridgehead atoms. The normalized spacial score (nSPS) is 10.4. The van der Waals surface area contributed by atoms with Crippen molar-refractivity contribution in [3.05, 3.63) is 52.4 Å². The topological polar surface area (TPSA) is 64.5 Å². The summed E-state index contributed by atoms with van der Waals surface area (Å²) in [4.78, 5) is 8.12. The fourth-order valence-electron chi connectivity index (χ4n) is 1.96. The van der Waals surface area contributed by atoms with E-state index >= 15 is 0 Å². The number of rotatable bonds is 7. The summed E-state index contributed by atoms with van der Waals surface area (Å²) in [6.07, 6.45) is 5.17. The number of hydrogen-bond acceptors (Lipinski definition) is 5. The fourth-order valence-corrected chi connectivity index (χ4v) is 2.46. The maximum absolute atomic E-state index is 8.89. The molecule has 0 unspecified atom stereocenters. The Balaban J connectivity index is 2.25. The van der Waals surface area contributed by atoms with Crippen molar-refractivity contribution in [2.45, 2.75) is 6.42 Å². The van der Waals surface area contributed by atoms with Crippen LogP contribution in [-0.2, 0) is 6.42 Å². The van der Waals surface area contributed by atoms with Gasteiger partial charge in [-0.05, 0) is 22.8 Å². The average Bonchev–Trinajstić information content (AvgIpc) is 2.56. The molecule has 2 aromatic rings. The first-order valence-electron chi connectivity index (χ1n) is 6.80. The van der Waals surface area contributed by atoms with E-state index in [4.69, 9.17) is 37.8 Å². The first-order chi connectivity index (χ1) is 11.1. The molecule has 122 valence electrons. The first kappa shape index (κ1) is 17.5. The second-order valence-corrected chi connectivity index (χ2v) is 5.48. The molecule has 0 spiro atoms. The van der Waals surface area contributed by atoms with Gasteiger partial charge in [0.2, 0.25) is 0 Å². The summed E-state index contributed by atoms with van der Waals surface area (Å²) >= 11 is 12.3. The summed E-state index contributed by atoms with van der Waals surface area (Å²) in [5, 5.41) is 9.85. The van der Waals surface area contributed by atoms with E-state index in [0.717, 1.165) is 16.7 Å². The number of ether oxygens (including phenoxy) is 2. The predicted molar refractivity (Wildman–Crippen MR) is 90.4 cm³/mol. The van der Waals surface area contributed by atoms with Gasteiger partial charge in [0.1, 0.15) is 6.61 Å². The molecule has 0 amide bonds. The molecule has 0 saturated heterocycles. The van der Waals surface area contributed by atoms with Crippen LogP contribution in [0.15, 0.2) is 31.2 Å². The Labute approximate surface area is 144 Å². The highest BCUT2D eigenvalue weighted by atomic mass is 35.5. The van der Waals surface area contributed by atoms with Crippen LogP contribution in [0.4, 0.5) is 0 Å². The summed E-state index contributed by atoms with van der Waals surface area (Å²) in [6, 6.07) is 1.76. The number of pyridine rings is 2. The standard InChI is InChI=1S/C16H16Cl2N2O3/c1-10(5-12-13(17)8-19-9-14(12)18)11-6-15(23-4-3-21)16(22-2)20-7-11/h6-9,21H,1,3-5H2,2H3. The molecule has 0 aliphatic heterocycles. The molecular formula is C16H16Cl2N2O3. The Morgan fingerprint density at radius 1 is 1.26 bits per heavy atom. The van der Waals surface area contributed by atoms with E-state index in [2.05, 4.69) is 16.5 Å². The average molecular weight is 355 g/mol. The second-order valence-electron chi connectivity index (χ2n) is 4.67. The van der Waals surface area contributed by atoms with Crippen molar-refractivity contribution in [1.82, 2.24) is 9.97 Å². The number of nitrogens with zero attached hydrogens (tertiary/aromatic N) is 2. The second kappa shape index (κ2) is 8.15. The van der Waals surface area contributed by atoms with Crippen molar-refractivity contribution >= 4 is 28.8 Å². The molecule has 2 aromatic heterocycles. The van der Waals surface area contributed by atoms with E-state index in [1.807, 2.05) is 0 Å². The van der Waals surface area contributed by atoms with Gasteiger partial charge >= 0.3 is 0 Å². The molecule has 0 fully saturated rings. The number of hydrogen-bond donors (Lipinski definition) is 1. The summed E-state index contributed by atoms with van der Waals surface area (Å²) in [6.45, 7) is 4.10. The zero-order chi connectivity index (χ0) is 16.8. The van der Waals surface area contributed by atoms with Crippen LogP contribution in [-0.4, -0.2) is 35.4 Å². The largest absolute Gasteiger partial charge is 0.486 e. The van der Waals surface area contributed by atoms with Gasteiger partial charge < -0.3 is 14.6 Å². The van der Waals surface area contributed by atoms with Crippen LogP contribution in [0, 0.1) is 0 Å². The highest BCUT2D eigenvalue weighted by molar-refractivity contribution is 6.35. The molecule has 2 heterocycles. The van der Waals surface area contributed by atoms with Gasteiger partial charge in [-0.15, -0.1) is 0 Å². The van der Waals surface area contributed by atoms with Crippen molar-refractivity contribution in [2.24, 2.45) is 0 Å². The maximum Gasteiger partial charge on any atom is 0.256 e. The van der Waals surface area contributed by atoms with Crippen LogP contribution in [0.1, 0.15) is 11.1 Å². The van der Waals surface area contributed by atoms with E-state index in [1.54, 1.807) is 12.3 Å². The van der Waals surface area contributed by atoms with Crippen LogP contribution in [0.25, 0.3) is 5.57 Å². The third-order valence-electron chi connectivity index (χ3n) is 3.11. The summed E-state index contributed by atoms with van der Waals surface area (Å²) < 4.78 is 10.6. The lowest BCUT2D eigenvalue weighted by Crippen LogP contribution is -2.04. The maximum atomic E-state index is 8.89. The van der Waals surface area contributed by atoms with Gasteiger partial charge in [0.05, 0.1) is 23.8 Å². The van der Waals surface area contributed by atoms with E-state index in [9.17, 15) is 0 Å². The van der Waals surface area contributed by atoms with Crippen molar-refractivity contribution in [1.29, 1.82) is 0 Å². The first-order valence-corrected chi connectivity index (χ1v) is 7.56. The van der Waals surface area contributed by atoms with Crippen molar-refractivity contribution in [2.75, 3.05) is 20.3 Å². The van der Waals surface area contributed by atoms with Gasteiger partial charge in [0.25, 0.3) is 5.88 Å². The third-order valence-corrected chi connectivity index (χ3v) is 3.76. The Hall–Kier alpha value is -1.82. The van der Waals surface area contributed by atoms with Crippen LogP contribution in [0.5, 0.6) is 11.6 Å². The molecule has 0 saturated carbocycles. The predicted octanol–water partition coefficient (Wildman–Crippen LogP) is 3.42. The Kier molecular flexibility index (Phi) is 6.21. The highest BCUT2D eigenvalue weighted by Crippen LogP contribution is 2.31. The molecule has 0 radical (unpaired) electrons. The van der Waals surface area contributed by atoms with Gasteiger partial charge in [-0.25, -0.2) is 4.98 Å². The molecular weight excluding hydrogens is 339 g/mol. The van der Waals surface area contributed by atoms with Crippen molar-refractivity contribution < 1.29 is 14.6 Å². The quantitative estimate of drug-likeness (QED) is 0.825. The number of allylic oxidation sites excluding steroid dienone is 1. The van der Waals surface area contributed by atoms with Gasteiger partial charge in [0, 0.05) is 25.0 Å². The lowest BCUT2D eigenvalue weighted by molar-refractivity contribution is 0.195. The number of aliphatic hydroxyl groups excluding tert-OH is 1. The number of aliphatic hydroxyl groups is 1. The summed E-state index contributed by atoms with van der Waals surface area (Å²) in [7, 11) is 1.50.